The van der Waals surface area contributed by atoms with Crippen LogP contribution in [0.2, 0.25) is 0 Å². The second kappa shape index (κ2) is 8.95. The number of aromatic nitrogens is 1. The van der Waals surface area contributed by atoms with E-state index < -0.39 is 4.92 Å². The fraction of sp³-hybridized carbons (Fsp3) is 0.250. The quantitative estimate of drug-likeness (QED) is 0.356. The average molecular weight is 429 g/mol. The van der Waals surface area contributed by atoms with Crippen LogP contribution in [0.3, 0.4) is 0 Å². The number of rotatable bonds is 7. The summed E-state index contributed by atoms with van der Waals surface area (Å²) >= 11 is 0.906. The maximum atomic E-state index is 12.6. The van der Waals surface area contributed by atoms with Gasteiger partial charge in [0.2, 0.25) is 5.88 Å². The number of benzene rings is 1. The summed E-state index contributed by atoms with van der Waals surface area (Å²) in [7, 11) is 1.46. The number of carbonyl (C=O) groups excluding carboxylic acids is 2. The number of nitro groups is 1. The highest BCUT2D eigenvalue weighted by molar-refractivity contribution is 8.18. The van der Waals surface area contributed by atoms with Crippen LogP contribution in [0.1, 0.15) is 25.8 Å². The maximum absolute atomic E-state index is 12.6. The van der Waals surface area contributed by atoms with Gasteiger partial charge < -0.3 is 9.47 Å². The van der Waals surface area contributed by atoms with E-state index in [9.17, 15) is 19.7 Å². The number of pyridine rings is 1. The van der Waals surface area contributed by atoms with Gasteiger partial charge in [0.15, 0.2) is 11.5 Å². The first kappa shape index (κ1) is 21.3. The predicted molar refractivity (Wildman–Crippen MR) is 112 cm³/mol. The van der Waals surface area contributed by atoms with Crippen molar-refractivity contribution in [1.82, 2.24) is 9.88 Å². The van der Waals surface area contributed by atoms with E-state index in [1.165, 1.54) is 24.1 Å². The van der Waals surface area contributed by atoms with E-state index in [-0.39, 0.29) is 28.8 Å². The number of thioether (sulfide) groups is 1. The Balaban J connectivity index is 1.82. The fourth-order valence-corrected chi connectivity index (χ4v) is 3.64. The van der Waals surface area contributed by atoms with Gasteiger partial charge in [-0.2, -0.15) is 0 Å². The van der Waals surface area contributed by atoms with Crippen LogP contribution in [-0.2, 0) is 4.79 Å². The molecule has 1 aliphatic heterocycles. The number of ether oxygens (including phenoxy) is 2. The van der Waals surface area contributed by atoms with Crippen LogP contribution in [0.15, 0.2) is 41.4 Å². The molecular weight excluding hydrogens is 410 g/mol. The highest BCUT2D eigenvalue weighted by atomic mass is 32.2. The van der Waals surface area contributed by atoms with Crippen LogP contribution in [0, 0.1) is 10.1 Å². The molecule has 0 N–H and O–H groups in total. The van der Waals surface area contributed by atoms with Gasteiger partial charge in [0.05, 0.1) is 16.9 Å². The summed E-state index contributed by atoms with van der Waals surface area (Å²) in [6.45, 7) is 3.75. The second-order valence-electron chi connectivity index (χ2n) is 6.43. The molecule has 10 heteroatoms. The van der Waals surface area contributed by atoms with Gasteiger partial charge in [-0.05, 0) is 48.9 Å². The molecule has 2 aromatic rings. The molecule has 156 valence electrons. The minimum Gasteiger partial charge on any atom is -0.493 e. The zero-order valence-electron chi connectivity index (χ0n) is 16.5. The molecule has 2 amide bonds. The Morgan fingerprint density at radius 1 is 1.27 bits per heavy atom. The average Bonchev–Trinajstić information content (AvgIpc) is 3.01. The third-order valence-electron chi connectivity index (χ3n) is 4.49. The van der Waals surface area contributed by atoms with Gasteiger partial charge in [-0.3, -0.25) is 24.6 Å². The smallest absolute Gasteiger partial charge is 0.293 e. The maximum Gasteiger partial charge on any atom is 0.293 e. The van der Waals surface area contributed by atoms with Crippen LogP contribution in [-0.4, -0.2) is 39.1 Å². The topological polar surface area (TPSA) is 112 Å². The molecule has 1 aromatic heterocycles. The standard InChI is InChI=1S/C20H19N3O6S/c1-4-12(2)22-19(24)17(30-20(22)25)10-13-5-7-15(16(9-13)28-3)29-18-8-6-14(11-21-18)23(26)27/h5-12H,4H2,1-3H3/b17-10-/t12-/m0/s1. The van der Waals surface area contributed by atoms with Gasteiger partial charge in [-0.1, -0.05) is 13.0 Å². The van der Waals surface area contributed by atoms with Gasteiger partial charge in [0.1, 0.15) is 6.20 Å². The summed E-state index contributed by atoms with van der Waals surface area (Å²) < 4.78 is 11.0. The number of carbonyl (C=O) groups is 2. The lowest BCUT2D eigenvalue weighted by atomic mass is 10.1. The zero-order valence-corrected chi connectivity index (χ0v) is 17.3. The molecule has 1 saturated heterocycles. The minimum atomic E-state index is -0.547. The van der Waals surface area contributed by atoms with Crippen LogP contribution in [0.25, 0.3) is 6.08 Å². The molecule has 1 fully saturated rings. The Morgan fingerprint density at radius 3 is 2.63 bits per heavy atom. The van der Waals surface area contributed by atoms with Crippen molar-refractivity contribution in [3.8, 4) is 17.4 Å². The lowest BCUT2D eigenvalue weighted by Gasteiger charge is -2.19. The van der Waals surface area contributed by atoms with Crippen molar-refractivity contribution in [2.45, 2.75) is 26.3 Å². The highest BCUT2D eigenvalue weighted by Crippen LogP contribution is 2.36. The minimum absolute atomic E-state index is 0.143. The third kappa shape index (κ3) is 4.43. The number of nitrogens with zero attached hydrogens (tertiary/aromatic N) is 3. The van der Waals surface area contributed by atoms with Gasteiger partial charge in [0.25, 0.3) is 16.8 Å². The molecule has 3 rings (SSSR count). The van der Waals surface area contributed by atoms with E-state index in [0.717, 1.165) is 18.0 Å². The Labute approximate surface area is 176 Å². The van der Waals surface area contributed by atoms with Gasteiger partial charge in [-0.15, -0.1) is 0 Å². The predicted octanol–water partition coefficient (Wildman–Crippen LogP) is 4.63. The first-order chi connectivity index (χ1) is 14.3. The van der Waals surface area contributed by atoms with Crippen LogP contribution < -0.4 is 9.47 Å². The molecule has 30 heavy (non-hydrogen) atoms. The largest absolute Gasteiger partial charge is 0.493 e. The Kier molecular flexibility index (Phi) is 6.36. The van der Waals surface area contributed by atoms with Gasteiger partial charge >= 0.3 is 0 Å². The summed E-state index contributed by atoms with van der Waals surface area (Å²) in [4.78, 5) is 40.4. The SMILES string of the molecule is CC[C@H](C)N1C(=O)S/C(=C\c2ccc(Oc3ccc([N+](=O)[O-])cn3)c(OC)c2)C1=O. The highest BCUT2D eigenvalue weighted by Gasteiger charge is 2.37. The van der Waals surface area contributed by atoms with Crippen LogP contribution in [0.4, 0.5) is 10.5 Å². The Hall–Kier alpha value is -3.40. The number of amides is 2. The molecule has 0 spiro atoms. The molecule has 2 heterocycles. The first-order valence-corrected chi connectivity index (χ1v) is 9.89. The van der Waals surface area contributed by atoms with Gasteiger partial charge in [0, 0.05) is 18.2 Å². The lowest BCUT2D eigenvalue weighted by molar-refractivity contribution is -0.385. The molecule has 1 aromatic carbocycles. The number of methoxy groups -OCH3 is 1. The lowest BCUT2D eigenvalue weighted by Crippen LogP contribution is -2.36. The normalized spacial score (nSPS) is 16.1. The molecule has 0 saturated carbocycles. The van der Waals surface area contributed by atoms with Crippen molar-refractivity contribution in [3.05, 3.63) is 57.1 Å². The number of imide groups is 1. The van der Waals surface area contributed by atoms with Crippen molar-refractivity contribution in [2.75, 3.05) is 7.11 Å². The summed E-state index contributed by atoms with van der Waals surface area (Å²) in [6.07, 6.45) is 3.41. The summed E-state index contributed by atoms with van der Waals surface area (Å²) in [6, 6.07) is 7.51. The molecule has 0 radical (unpaired) electrons. The van der Waals surface area contributed by atoms with Crippen LogP contribution >= 0.6 is 11.8 Å². The summed E-state index contributed by atoms with van der Waals surface area (Å²) in [5.74, 6) is 0.587. The fourth-order valence-electron chi connectivity index (χ4n) is 2.71. The van der Waals surface area contributed by atoms with E-state index in [2.05, 4.69) is 4.98 Å². The van der Waals surface area contributed by atoms with Gasteiger partial charge in [-0.25, -0.2) is 4.98 Å². The molecule has 1 aliphatic rings. The Bertz CT molecular complexity index is 1020. The molecule has 0 aliphatic carbocycles. The van der Waals surface area contributed by atoms with Crippen molar-refractivity contribution in [1.29, 1.82) is 0 Å². The molecule has 1 atom stereocenters. The van der Waals surface area contributed by atoms with Crippen molar-refractivity contribution in [2.24, 2.45) is 0 Å². The van der Waals surface area contributed by atoms with E-state index in [4.69, 9.17) is 9.47 Å². The number of hydrogen-bond acceptors (Lipinski definition) is 8. The second-order valence-corrected chi connectivity index (χ2v) is 7.43. The van der Waals surface area contributed by atoms with E-state index >= 15 is 0 Å². The third-order valence-corrected chi connectivity index (χ3v) is 5.37. The zero-order chi connectivity index (χ0) is 21.8. The Morgan fingerprint density at radius 2 is 2.03 bits per heavy atom. The van der Waals surface area contributed by atoms with E-state index in [0.29, 0.717) is 28.4 Å². The van der Waals surface area contributed by atoms with E-state index in [1.807, 2.05) is 13.8 Å². The summed E-state index contributed by atoms with van der Waals surface area (Å²) in [5, 5.41) is 10.4. The first-order valence-electron chi connectivity index (χ1n) is 9.07. The molecular formula is C20H19N3O6S. The number of hydrogen-bond donors (Lipinski definition) is 0. The summed E-state index contributed by atoms with van der Waals surface area (Å²) in [5.41, 5.74) is 0.515. The molecule has 9 nitrogen and oxygen atoms in total. The van der Waals surface area contributed by atoms with Crippen molar-refractivity contribution < 1.29 is 24.0 Å². The molecule has 0 bridgehead atoms. The molecule has 0 unspecified atom stereocenters. The van der Waals surface area contributed by atoms with Crippen molar-refractivity contribution >= 4 is 34.7 Å². The van der Waals surface area contributed by atoms with Crippen molar-refractivity contribution in [3.63, 3.8) is 0 Å². The monoisotopic (exact) mass is 429 g/mol. The van der Waals surface area contributed by atoms with E-state index in [1.54, 1.807) is 24.3 Å². The van der Waals surface area contributed by atoms with Crippen LogP contribution in [0.5, 0.6) is 17.4 Å².